The van der Waals surface area contributed by atoms with Gasteiger partial charge in [0.25, 0.3) is 0 Å². The molecule has 1 atom stereocenters. The zero-order valence-corrected chi connectivity index (χ0v) is 11.2. The molecule has 1 saturated carbocycles. The predicted octanol–water partition coefficient (Wildman–Crippen LogP) is 2.49. The highest BCUT2D eigenvalue weighted by molar-refractivity contribution is 4.88. The molecule has 16 heavy (non-hydrogen) atoms. The molecule has 0 amide bonds. The molecule has 2 nitrogen and oxygen atoms in total. The molecule has 2 aliphatic rings. The lowest BCUT2D eigenvalue weighted by molar-refractivity contribution is 0.0477. The number of nitrogens with one attached hydrogen (secondary N) is 1. The van der Waals surface area contributed by atoms with E-state index >= 15 is 0 Å². The molecular formula is C14H28N2. The molecule has 2 heteroatoms. The van der Waals surface area contributed by atoms with Gasteiger partial charge in [0.2, 0.25) is 0 Å². The van der Waals surface area contributed by atoms with Crippen molar-refractivity contribution in [3.8, 4) is 0 Å². The third kappa shape index (κ3) is 3.21. The maximum Gasteiger partial charge on any atom is 0.0100 e. The molecule has 0 aromatic carbocycles. The van der Waals surface area contributed by atoms with E-state index in [4.69, 9.17) is 0 Å². The maximum absolute atomic E-state index is 3.59. The smallest absolute Gasteiger partial charge is 0.0100 e. The number of hydrogen-bond donors (Lipinski definition) is 1. The summed E-state index contributed by atoms with van der Waals surface area (Å²) in [5, 5.41) is 3.59. The summed E-state index contributed by atoms with van der Waals surface area (Å²) in [5.41, 5.74) is 0. The maximum atomic E-state index is 3.59. The molecule has 2 fully saturated rings. The molecule has 94 valence electrons. The highest BCUT2D eigenvalue weighted by Gasteiger charge is 2.33. The van der Waals surface area contributed by atoms with Crippen LogP contribution in [-0.4, -0.2) is 36.6 Å². The fraction of sp³-hybridized carbons (Fsp3) is 1.00. The van der Waals surface area contributed by atoms with Gasteiger partial charge in [-0.15, -0.1) is 0 Å². The quantitative estimate of drug-likeness (QED) is 0.789. The van der Waals surface area contributed by atoms with Gasteiger partial charge in [-0.3, -0.25) is 0 Å². The number of rotatable bonds is 4. The van der Waals surface area contributed by atoms with E-state index in [0.29, 0.717) is 6.04 Å². The van der Waals surface area contributed by atoms with E-state index < -0.39 is 0 Å². The van der Waals surface area contributed by atoms with Gasteiger partial charge in [-0.1, -0.05) is 20.8 Å². The van der Waals surface area contributed by atoms with Crippen LogP contribution >= 0.6 is 0 Å². The van der Waals surface area contributed by atoms with E-state index in [-0.39, 0.29) is 0 Å². The lowest BCUT2D eigenvalue weighted by Crippen LogP contribution is -2.50. The summed E-state index contributed by atoms with van der Waals surface area (Å²) in [6, 6.07) is 1.57. The van der Waals surface area contributed by atoms with Crippen LogP contribution < -0.4 is 5.32 Å². The first-order valence-corrected chi connectivity index (χ1v) is 7.12. The predicted molar refractivity (Wildman–Crippen MR) is 69.6 cm³/mol. The van der Waals surface area contributed by atoms with E-state index in [0.717, 1.165) is 17.9 Å². The van der Waals surface area contributed by atoms with Crippen LogP contribution in [-0.2, 0) is 0 Å². The number of likely N-dealkylation sites (tertiary alicyclic amines) is 1. The average Bonchev–Trinajstić information content (AvgIpc) is 2.22. The molecule has 0 aromatic rings. The van der Waals surface area contributed by atoms with Crippen molar-refractivity contribution in [1.82, 2.24) is 10.2 Å². The summed E-state index contributed by atoms with van der Waals surface area (Å²) >= 11 is 0. The molecule has 1 heterocycles. The molecule has 0 radical (unpaired) electrons. The Labute approximate surface area is 101 Å². The Morgan fingerprint density at radius 2 is 2.06 bits per heavy atom. The van der Waals surface area contributed by atoms with Gasteiger partial charge in [0.1, 0.15) is 0 Å². The van der Waals surface area contributed by atoms with Gasteiger partial charge in [0.05, 0.1) is 0 Å². The molecular weight excluding hydrogens is 196 g/mol. The standard InChI is InChI=1S/C14H28N2/c1-11(2)15-9-13-5-4-6-16(10-13)14-7-12(3)8-14/h11-15H,4-10H2,1-3H3. The second kappa shape index (κ2) is 5.50. The van der Waals surface area contributed by atoms with Gasteiger partial charge in [-0.2, -0.15) is 0 Å². The SMILES string of the molecule is CC1CC(N2CCCC(CNC(C)C)C2)C1. The van der Waals surface area contributed by atoms with E-state index in [9.17, 15) is 0 Å². The molecule has 0 spiro atoms. The minimum absolute atomic E-state index is 0.638. The fourth-order valence-corrected chi connectivity index (χ4v) is 3.16. The first-order chi connectivity index (χ1) is 7.65. The molecule has 1 aliphatic carbocycles. The lowest BCUT2D eigenvalue weighted by Gasteiger charge is -2.45. The zero-order chi connectivity index (χ0) is 11.5. The van der Waals surface area contributed by atoms with Crippen molar-refractivity contribution >= 4 is 0 Å². The molecule has 1 aliphatic heterocycles. The fourth-order valence-electron chi connectivity index (χ4n) is 3.16. The van der Waals surface area contributed by atoms with Crippen molar-refractivity contribution in [2.75, 3.05) is 19.6 Å². The Hall–Kier alpha value is -0.0800. The van der Waals surface area contributed by atoms with Crippen LogP contribution in [0.25, 0.3) is 0 Å². The van der Waals surface area contributed by atoms with E-state index in [2.05, 4.69) is 31.0 Å². The second-order valence-corrected chi connectivity index (χ2v) is 6.30. The molecule has 2 rings (SSSR count). The number of nitrogens with zero attached hydrogens (tertiary/aromatic N) is 1. The van der Waals surface area contributed by atoms with Crippen LogP contribution in [0.4, 0.5) is 0 Å². The number of piperidine rings is 1. The van der Waals surface area contributed by atoms with Crippen molar-refractivity contribution in [3.05, 3.63) is 0 Å². The minimum Gasteiger partial charge on any atom is -0.314 e. The molecule has 1 unspecified atom stereocenters. The van der Waals surface area contributed by atoms with Crippen LogP contribution in [0.1, 0.15) is 46.5 Å². The van der Waals surface area contributed by atoms with E-state index in [1.807, 2.05) is 0 Å². The van der Waals surface area contributed by atoms with E-state index in [1.165, 1.54) is 45.3 Å². The summed E-state index contributed by atoms with van der Waals surface area (Å²) in [6.07, 6.45) is 5.74. The third-order valence-corrected chi connectivity index (χ3v) is 4.23. The highest BCUT2D eigenvalue weighted by atomic mass is 15.2. The van der Waals surface area contributed by atoms with Crippen molar-refractivity contribution in [2.24, 2.45) is 11.8 Å². The molecule has 0 aromatic heterocycles. The van der Waals surface area contributed by atoms with Crippen molar-refractivity contribution < 1.29 is 0 Å². The Kier molecular flexibility index (Phi) is 4.26. The summed E-state index contributed by atoms with van der Waals surface area (Å²) in [5.74, 6) is 1.88. The molecule has 1 saturated heterocycles. The van der Waals surface area contributed by atoms with Gasteiger partial charge < -0.3 is 10.2 Å². The summed E-state index contributed by atoms with van der Waals surface area (Å²) in [6.45, 7) is 10.8. The van der Waals surface area contributed by atoms with Crippen molar-refractivity contribution in [2.45, 2.75) is 58.5 Å². The average molecular weight is 224 g/mol. The number of hydrogen-bond acceptors (Lipinski definition) is 2. The zero-order valence-electron chi connectivity index (χ0n) is 11.2. The first-order valence-electron chi connectivity index (χ1n) is 7.12. The largest absolute Gasteiger partial charge is 0.314 e. The first kappa shape index (κ1) is 12.4. The van der Waals surface area contributed by atoms with Gasteiger partial charge >= 0.3 is 0 Å². The van der Waals surface area contributed by atoms with Crippen molar-refractivity contribution in [1.29, 1.82) is 0 Å². The van der Waals surface area contributed by atoms with Crippen LogP contribution in [0.2, 0.25) is 0 Å². The normalized spacial score (nSPS) is 36.4. The van der Waals surface area contributed by atoms with Gasteiger partial charge in [0, 0.05) is 18.6 Å². The monoisotopic (exact) mass is 224 g/mol. The highest BCUT2D eigenvalue weighted by Crippen LogP contribution is 2.33. The summed E-state index contributed by atoms with van der Waals surface area (Å²) in [7, 11) is 0. The Morgan fingerprint density at radius 1 is 1.31 bits per heavy atom. The molecule has 1 N–H and O–H groups in total. The van der Waals surface area contributed by atoms with Gasteiger partial charge in [0.15, 0.2) is 0 Å². The minimum atomic E-state index is 0.638. The topological polar surface area (TPSA) is 15.3 Å². The van der Waals surface area contributed by atoms with Crippen LogP contribution in [0.3, 0.4) is 0 Å². The van der Waals surface area contributed by atoms with Crippen LogP contribution in [0.15, 0.2) is 0 Å². The Balaban J connectivity index is 1.71. The third-order valence-electron chi connectivity index (χ3n) is 4.23. The van der Waals surface area contributed by atoms with Crippen molar-refractivity contribution in [3.63, 3.8) is 0 Å². The Morgan fingerprint density at radius 3 is 2.69 bits per heavy atom. The van der Waals surface area contributed by atoms with Gasteiger partial charge in [-0.25, -0.2) is 0 Å². The van der Waals surface area contributed by atoms with Crippen LogP contribution in [0.5, 0.6) is 0 Å². The second-order valence-electron chi connectivity index (χ2n) is 6.30. The van der Waals surface area contributed by atoms with Gasteiger partial charge in [-0.05, 0) is 50.6 Å². The Bertz CT molecular complexity index is 209. The van der Waals surface area contributed by atoms with Crippen LogP contribution in [0, 0.1) is 11.8 Å². The molecule has 0 bridgehead atoms. The van der Waals surface area contributed by atoms with E-state index in [1.54, 1.807) is 0 Å². The summed E-state index contributed by atoms with van der Waals surface area (Å²) < 4.78 is 0. The summed E-state index contributed by atoms with van der Waals surface area (Å²) in [4.78, 5) is 2.76. The lowest BCUT2D eigenvalue weighted by atomic mass is 9.79.